The highest BCUT2D eigenvalue weighted by Crippen LogP contribution is 2.30. The standard InChI is InChI=1S/C21H24N2O4/c1-14(2)19(23-20(24)16-6-4-3-5-7-16)21(25)22-13-15-8-9-17-18(12-15)27-11-10-26-17/h3-9,12,14,19H,10-11,13H2,1-2H3,(H,22,25)(H,23,24). The van der Waals surface area contributed by atoms with Crippen molar-refractivity contribution < 1.29 is 19.1 Å². The van der Waals surface area contributed by atoms with Crippen molar-refractivity contribution in [1.29, 1.82) is 0 Å². The number of carbonyl (C=O) groups excluding carboxylic acids is 2. The van der Waals surface area contributed by atoms with Crippen LogP contribution in [0.15, 0.2) is 48.5 Å². The van der Waals surface area contributed by atoms with E-state index in [1.54, 1.807) is 24.3 Å². The molecule has 2 aromatic carbocycles. The van der Waals surface area contributed by atoms with Crippen molar-refractivity contribution in [1.82, 2.24) is 10.6 Å². The lowest BCUT2D eigenvalue weighted by Gasteiger charge is -2.22. The third-order valence-corrected chi connectivity index (χ3v) is 4.35. The largest absolute Gasteiger partial charge is 0.486 e. The fraction of sp³-hybridized carbons (Fsp3) is 0.333. The van der Waals surface area contributed by atoms with Gasteiger partial charge in [0.2, 0.25) is 5.91 Å². The molecule has 3 rings (SSSR count). The number of carbonyl (C=O) groups is 2. The van der Waals surface area contributed by atoms with Crippen molar-refractivity contribution in [3.8, 4) is 11.5 Å². The van der Waals surface area contributed by atoms with Gasteiger partial charge in [0.05, 0.1) is 0 Å². The van der Waals surface area contributed by atoms with E-state index in [-0.39, 0.29) is 17.7 Å². The van der Waals surface area contributed by atoms with E-state index in [1.807, 2.05) is 38.1 Å². The van der Waals surface area contributed by atoms with Gasteiger partial charge >= 0.3 is 0 Å². The minimum Gasteiger partial charge on any atom is -0.486 e. The molecule has 1 atom stereocenters. The molecule has 0 saturated carbocycles. The molecular weight excluding hydrogens is 344 g/mol. The fourth-order valence-electron chi connectivity index (χ4n) is 2.85. The molecule has 1 aliphatic heterocycles. The van der Waals surface area contributed by atoms with Crippen LogP contribution in [0.2, 0.25) is 0 Å². The van der Waals surface area contributed by atoms with Gasteiger partial charge in [0.1, 0.15) is 19.3 Å². The lowest BCUT2D eigenvalue weighted by atomic mass is 10.0. The Labute approximate surface area is 158 Å². The number of benzene rings is 2. The zero-order chi connectivity index (χ0) is 19.2. The number of ether oxygens (including phenoxy) is 2. The van der Waals surface area contributed by atoms with Gasteiger partial charge in [-0.3, -0.25) is 9.59 Å². The summed E-state index contributed by atoms with van der Waals surface area (Å²) in [6.07, 6.45) is 0. The molecule has 0 fully saturated rings. The maximum absolute atomic E-state index is 12.6. The zero-order valence-corrected chi connectivity index (χ0v) is 15.5. The average molecular weight is 368 g/mol. The SMILES string of the molecule is CC(C)C(NC(=O)c1ccccc1)C(=O)NCc1ccc2c(c1)OCCO2. The van der Waals surface area contributed by atoms with Crippen LogP contribution in [0.4, 0.5) is 0 Å². The van der Waals surface area contributed by atoms with E-state index < -0.39 is 6.04 Å². The number of amides is 2. The molecule has 2 N–H and O–H groups in total. The van der Waals surface area contributed by atoms with Crippen LogP contribution in [0.25, 0.3) is 0 Å². The molecule has 2 amide bonds. The maximum Gasteiger partial charge on any atom is 0.251 e. The fourth-order valence-corrected chi connectivity index (χ4v) is 2.85. The van der Waals surface area contributed by atoms with E-state index in [9.17, 15) is 9.59 Å². The normalized spacial score (nSPS) is 13.7. The first kappa shape index (κ1) is 18.8. The Balaban J connectivity index is 1.61. The number of hydrogen-bond acceptors (Lipinski definition) is 4. The number of hydrogen-bond donors (Lipinski definition) is 2. The topological polar surface area (TPSA) is 76.7 Å². The summed E-state index contributed by atoms with van der Waals surface area (Å²) in [5.41, 5.74) is 1.44. The first-order valence-electron chi connectivity index (χ1n) is 9.07. The summed E-state index contributed by atoms with van der Waals surface area (Å²) < 4.78 is 11.1. The van der Waals surface area contributed by atoms with Crippen LogP contribution in [0.5, 0.6) is 11.5 Å². The van der Waals surface area contributed by atoms with Crippen molar-refractivity contribution in [3.05, 3.63) is 59.7 Å². The van der Waals surface area contributed by atoms with Crippen LogP contribution < -0.4 is 20.1 Å². The minimum atomic E-state index is -0.616. The van der Waals surface area contributed by atoms with E-state index >= 15 is 0 Å². The molecule has 6 nitrogen and oxygen atoms in total. The van der Waals surface area contributed by atoms with Gasteiger partial charge in [-0.25, -0.2) is 0 Å². The summed E-state index contributed by atoms with van der Waals surface area (Å²) in [4.78, 5) is 25.0. The predicted octanol–water partition coefficient (Wildman–Crippen LogP) is 2.53. The predicted molar refractivity (Wildman–Crippen MR) is 102 cm³/mol. The molecule has 2 aromatic rings. The van der Waals surface area contributed by atoms with Gasteiger partial charge < -0.3 is 20.1 Å². The summed E-state index contributed by atoms with van der Waals surface area (Å²) in [5, 5.41) is 5.72. The molecule has 0 aliphatic carbocycles. The first-order chi connectivity index (χ1) is 13.0. The second-order valence-electron chi connectivity index (χ2n) is 6.76. The lowest BCUT2D eigenvalue weighted by Crippen LogP contribution is -2.49. The molecule has 27 heavy (non-hydrogen) atoms. The third-order valence-electron chi connectivity index (χ3n) is 4.35. The van der Waals surface area contributed by atoms with Gasteiger partial charge in [-0.05, 0) is 35.7 Å². The molecule has 6 heteroatoms. The van der Waals surface area contributed by atoms with Crippen molar-refractivity contribution in [2.24, 2.45) is 5.92 Å². The van der Waals surface area contributed by atoms with Crippen LogP contribution in [0.1, 0.15) is 29.8 Å². The molecular formula is C21H24N2O4. The van der Waals surface area contributed by atoms with Crippen LogP contribution >= 0.6 is 0 Å². The number of fused-ring (bicyclic) bond motifs is 1. The van der Waals surface area contributed by atoms with E-state index in [2.05, 4.69) is 10.6 Å². The van der Waals surface area contributed by atoms with Gasteiger partial charge in [0.15, 0.2) is 11.5 Å². The number of rotatable bonds is 6. The van der Waals surface area contributed by atoms with Crippen LogP contribution in [-0.4, -0.2) is 31.1 Å². The Kier molecular flexibility index (Phi) is 5.96. The first-order valence-corrected chi connectivity index (χ1v) is 9.07. The summed E-state index contributed by atoms with van der Waals surface area (Å²) in [7, 11) is 0. The minimum absolute atomic E-state index is 0.0436. The Morgan fingerprint density at radius 2 is 1.70 bits per heavy atom. The van der Waals surface area contributed by atoms with Gasteiger partial charge in [-0.15, -0.1) is 0 Å². The zero-order valence-electron chi connectivity index (χ0n) is 15.5. The van der Waals surface area contributed by atoms with Gasteiger partial charge in [0, 0.05) is 12.1 Å². The summed E-state index contributed by atoms with van der Waals surface area (Å²) in [6.45, 7) is 5.21. The van der Waals surface area contributed by atoms with E-state index in [0.717, 1.165) is 5.56 Å². The molecule has 0 radical (unpaired) electrons. The van der Waals surface area contributed by atoms with Crippen LogP contribution in [-0.2, 0) is 11.3 Å². The van der Waals surface area contributed by atoms with E-state index in [4.69, 9.17) is 9.47 Å². The maximum atomic E-state index is 12.6. The number of nitrogens with one attached hydrogen (secondary N) is 2. The quantitative estimate of drug-likeness (QED) is 0.821. The molecule has 0 bridgehead atoms. The highest BCUT2D eigenvalue weighted by atomic mass is 16.6. The monoisotopic (exact) mass is 368 g/mol. The van der Waals surface area contributed by atoms with Gasteiger partial charge in [-0.1, -0.05) is 38.1 Å². The van der Waals surface area contributed by atoms with Gasteiger partial charge in [0.25, 0.3) is 5.91 Å². The van der Waals surface area contributed by atoms with Crippen molar-refractivity contribution >= 4 is 11.8 Å². The van der Waals surface area contributed by atoms with Crippen molar-refractivity contribution in [2.45, 2.75) is 26.4 Å². The molecule has 0 aromatic heterocycles. The molecule has 1 unspecified atom stereocenters. The Morgan fingerprint density at radius 3 is 2.41 bits per heavy atom. The highest BCUT2D eigenvalue weighted by molar-refractivity contribution is 5.97. The molecule has 0 spiro atoms. The summed E-state index contributed by atoms with van der Waals surface area (Å²) >= 11 is 0. The lowest BCUT2D eigenvalue weighted by molar-refractivity contribution is -0.124. The molecule has 0 saturated heterocycles. The summed E-state index contributed by atoms with van der Waals surface area (Å²) in [6, 6.07) is 13.9. The van der Waals surface area contributed by atoms with Crippen molar-refractivity contribution in [2.75, 3.05) is 13.2 Å². The summed E-state index contributed by atoms with van der Waals surface area (Å²) in [5.74, 6) is 0.878. The smallest absolute Gasteiger partial charge is 0.251 e. The third kappa shape index (κ3) is 4.78. The highest BCUT2D eigenvalue weighted by Gasteiger charge is 2.24. The van der Waals surface area contributed by atoms with Crippen LogP contribution in [0.3, 0.4) is 0 Å². The van der Waals surface area contributed by atoms with E-state index in [0.29, 0.717) is 36.8 Å². The Morgan fingerprint density at radius 1 is 1.00 bits per heavy atom. The van der Waals surface area contributed by atoms with Crippen LogP contribution in [0, 0.1) is 5.92 Å². The van der Waals surface area contributed by atoms with Gasteiger partial charge in [-0.2, -0.15) is 0 Å². The molecule has 1 aliphatic rings. The average Bonchev–Trinajstić information content (AvgIpc) is 2.70. The van der Waals surface area contributed by atoms with Crippen molar-refractivity contribution in [3.63, 3.8) is 0 Å². The van der Waals surface area contributed by atoms with E-state index in [1.165, 1.54) is 0 Å². The molecule has 142 valence electrons. The Bertz CT molecular complexity index is 805. The second-order valence-corrected chi connectivity index (χ2v) is 6.76. The molecule has 1 heterocycles. The Hall–Kier alpha value is -3.02. The second kappa shape index (κ2) is 8.58.